The van der Waals surface area contributed by atoms with Crippen molar-refractivity contribution in [2.24, 2.45) is 0 Å². The minimum Gasteiger partial charge on any atom is -0.493 e. The Hall–Kier alpha value is -2.74. The van der Waals surface area contributed by atoms with Crippen molar-refractivity contribution in [1.82, 2.24) is 4.90 Å². The summed E-state index contributed by atoms with van der Waals surface area (Å²) in [4.78, 5) is 26.5. The number of amides is 2. The summed E-state index contributed by atoms with van der Waals surface area (Å²) in [7, 11) is 2.92. The van der Waals surface area contributed by atoms with Gasteiger partial charge in [-0.05, 0) is 18.9 Å². The highest BCUT2D eigenvalue weighted by atomic mass is 16.5. The molecule has 1 aliphatic rings. The fourth-order valence-electron chi connectivity index (χ4n) is 2.89. The fraction of sp³-hybridized carbons (Fsp3) is 0.444. The number of hydrogen-bond donors (Lipinski definition) is 2. The minimum atomic E-state index is -0.716. The molecule has 2 amide bonds. The van der Waals surface area contributed by atoms with Crippen molar-refractivity contribution in [2.45, 2.75) is 18.9 Å². The second kappa shape index (κ2) is 9.10. The van der Waals surface area contributed by atoms with Crippen LogP contribution in [0.25, 0.3) is 0 Å². The number of nitrogens with one attached hydrogen (secondary N) is 1. The van der Waals surface area contributed by atoms with Crippen molar-refractivity contribution in [1.29, 1.82) is 0 Å². The number of methoxy groups -OCH3 is 2. The number of rotatable bonds is 7. The van der Waals surface area contributed by atoms with Crippen LogP contribution >= 0.6 is 0 Å². The lowest BCUT2D eigenvalue weighted by Gasteiger charge is -2.25. The molecule has 142 valence electrons. The van der Waals surface area contributed by atoms with Gasteiger partial charge < -0.3 is 24.2 Å². The molecule has 1 unspecified atom stereocenters. The zero-order valence-electron chi connectivity index (χ0n) is 15.0. The topological polar surface area (TPSA) is 97.3 Å². The van der Waals surface area contributed by atoms with Gasteiger partial charge in [-0.2, -0.15) is 0 Å². The first-order valence-corrected chi connectivity index (χ1v) is 8.28. The molecule has 1 saturated heterocycles. The summed E-state index contributed by atoms with van der Waals surface area (Å²) in [6.45, 7) is 3.95. The Morgan fingerprint density at radius 1 is 1.35 bits per heavy atom. The Morgan fingerprint density at radius 3 is 2.65 bits per heavy atom. The summed E-state index contributed by atoms with van der Waals surface area (Å²) in [6, 6.07) is 2.78. The molecule has 0 saturated carbocycles. The van der Waals surface area contributed by atoms with E-state index in [-0.39, 0.29) is 36.4 Å². The smallest absolute Gasteiger partial charge is 0.411 e. The normalized spacial score (nSPS) is 16.1. The van der Waals surface area contributed by atoms with Crippen LogP contribution in [0.4, 0.5) is 10.5 Å². The molecule has 2 N–H and O–H groups in total. The molecule has 1 fully saturated rings. The summed E-state index contributed by atoms with van der Waals surface area (Å²) in [6.07, 6.45) is 2.27. The number of likely N-dealkylation sites (tertiary alicyclic amines) is 1. The number of benzene rings is 1. The second-order valence-electron chi connectivity index (χ2n) is 5.74. The molecule has 0 bridgehead atoms. The van der Waals surface area contributed by atoms with Gasteiger partial charge in [0.2, 0.25) is 0 Å². The number of hydrogen-bond acceptors (Lipinski definition) is 6. The standard InChI is InChI=1S/C18H24N2O6/c1-4-8-26-18(23)19-14-10-16(25-3)15(24-2)9-13(14)17(22)20-7-5-6-12(20)11-21/h4,9-10,12,21H,1,5-8,11H2,2-3H3,(H,19,23). The van der Waals surface area contributed by atoms with Crippen LogP contribution in [0.3, 0.4) is 0 Å². The van der Waals surface area contributed by atoms with Crippen LogP contribution in [0.2, 0.25) is 0 Å². The van der Waals surface area contributed by atoms with Gasteiger partial charge in [-0.3, -0.25) is 10.1 Å². The Morgan fingerprint density at radius 2 is 2.04 bits per heavy atom. The highest BCUT2D eigenvalue weighted by molar-refractivity contribution is 6.03. The molecule has 1 aromatic rings. The van der Waals surface area contributed by atoms with E-state index in [9.17, 15) is 14.7 Å². The lowest BCUT2D eigenvalue weighted by Crippen LogP contribution is -2.38. The zero-order chi connectivity index (χ0) is 19.1. The van der Waals surface area contributed by atoms with E-state index in [2.05, 4.69) is 11.9 Å². The number of anilines is 1. The third kappa shape index (κ3) is 4.26. The van der Waals surface area contributed by atoms with E-state index in [1.807, 2.05) is 0 Å². The van der Waals surface area contributed by atoms with Crippen LogP contribution in [-0.4, -0.2) is 62.0 Å². The molecular formula is C18H24N2O6. The Balaban J connectivity index is 2.39. The van der Waals surface area contributed by atoms with Gasteiger partial charge in [0.1, 0.15) is 6.61 Å². The molecule has 8 heteroatoms. The van der Waals surface area contributed by atoms with Crippen molar-refractivity contribution >= 4 is 17.7 Å². The van der Waals surface area contributed by atoms with E-state index in [0.29, 0.717) is 18.0 Å². The molecular weight excluding hydrogens is 340 g/mol. The minimum absolute atomic E-state index is 0.0428. The first-order chi connectivity index (χ1) is 12.5. The molecule has 1 aromatic carbocycles. The monoisotopic (exact) mass is 364 g/mol. The Bertz CT molecular complexity index is 676. The maximum atomic E-state index is 13.0. The predicted octanol–water partition coefficient (Wildman–Crippen LogP) is 2.04. The van der Waals surface area contributed by atoms with Gasteiger partial charge in [0, 0.05) is 12.6 Å². The summed E-state index contributed by atoms with van der Waals surface area (Å²) < 4.78 is 15.4. The SMILES string of the molecule is C=CCOC(=O)Nc1cc(OC)c(OC)cc1C(=O)N1CCCC1CO. The summed E-state index contributed by atoms with van der Waals surface area (Å²) in [5.74, 6) is 0.422. The van der Waals surface area contributed by atoms with E-state index in [1.165, 1.54) is 32.4 Å². The maximum Gasteiger partial charge on any atom is 0.411 e. The van der Waals surface area contributed by atoms with Gasteiger partial charge in [0.05, 0.1) is 38.1 Å². The van der Waals surface area contributed by atoms with Gasteiger partial charge in [-0.15, -0.1) is 0 Å². The van der Waals surface area contributed by atoms with Gasteiger partial charge in [-0.25, -0.2) is 4.79 Å². The largest absolute Gasteiger partial charge is 0.493 e. The number of aliphatic hydroxyl groups is 1. The van der Waals surface area contributed by atoms with Crippen molar-refractivity contribution in [3.05, 3.63) is 30.4 Å². The zero-order valence-corrected chi connectivity index (χ0v) is 15.0. The van der Waals surface area contributed by atoms with Crippen molar-refractivity contribution in [3.63, 3.8) is 0 Å². The molecule has 8 nitrogen and oxygen atoms in total. The van der Waals surface area contributed by atoms with Crippen molar-refractivity contribution in [2.75, 3.05) is 39.3 Å². The highest BCUT2D eigenvalue weighted by Gasteiger charge is 2.31. The van der Waals surface area contributed by atoms with Crippen LogP contribution in [0.1, 0.15) is 23.2 Å². The lowest BCUT2D eigenvalue weighted by atomic mass is 10.1. The molecule has 0 aromatic heterocycles. The summed E-state index contributed by atoms with van der Waals surface area (Å²) in [5, 5.41) is 12.0. The molecule has 0 radical (unpaired) electrons. The Kier molecular flexibility index (Phi) is 6.85. The number of carbonyl (C=O) groups excluding carboxylic acids is 2. The van der Waals surface area contributed by atoms with Crippen LogP contribution in [-0.2, 0) is 4.74 Å². The van der Waals surface area contributed by atoms with Crippen LogP contribution in [0, 0.1) is 0 Å². The average molecular weight is 364 g/mol. The first kappa shape index (κ1) is 19.6. The number of ether oxygens (including phenoxy) is 3. The van der Waals surface area contributed by atoms with Crippen LogP contribution in [0.15, 0.2) is 24.8 Å². The third-order valence-electron chi connectivity index (χ3n) is 4.17. The Labute approximate surface area is 152 Å². The van der Waals surface area contributed by atoms with E-state index in [0.717, 1.165) is 12.8 Å². The van der Waals surface area contributed by atoms with Crippen LogP contribution < -0.4 is 14.8 Å². The second-order valence-corrected chi connectivity index (χ2v) is 5.74. The van der Waals surface area contributed by atoms with E-state index in [1.54, 1.807) is 4.90 Å². The first-order valence-electron chi connectivity index (χ1n) is 8.28. The van der Waals surface area contributed by atoms with E-state index >= 15 is 0 Å². The molecule has 1 aliphatic heterocycles. The number of aliphatic hydroxyl groups excluding tert-OH is 1. The molecule has 1 heterocycles. The van der Waals surface area contributed by atoms with Gasteiger partial charge >= 0.3 is 6.09 Å². The maximum absolute atomic E-state index is 13.0. The average Bonchev–Trinajstić information content (AvgIpc) is 3.14. The molecule has 0 aliphatic carbocycles. The van der Waals surface area contributed by atoms with Gasteiger partial charge in [0.25, 0.3) is 5.91 Å². The van der Waals surface area contributed by atoms with Gasteiger partial charge in [0.15, 0.2) is 11.5 Å². The van der Waals surface area contributed by atoms with E-state index < -0.39 is 6.09 Å². The van der Waals surface area contributed by atoms with Crippen molar-refractivity contribution in [3.8, 4) is 11.5 Å². The quantitative estimate of drug-likeness (QED) is 0.719. The molecule has 1 atom stereocenters. The lowest BCUT2D eigenvalue weighted by molar-refractivity contribution is 0.0678. The van der Waals surface area contributed by atoms with Crippen molar-refractivity contribution < 1.29 is 28.9 Å². The third-order valence-corrected chi connectivity index (χ3v) is 4.17. The summed E-state index contributed by atoms with van der Waals surface area (Å²) in [5.41, 5.74) is 0.476. The summed E-state index contributed by atoms with van der Waals surface area (Å²) >= 11 is 0. The molecule has 2 rings (SSSR count). The number of nitrogens with zero attached hydrogens (tertiary/aromatic N) is 1. The van der Waals surface area contributed by atoms with E-state index in [4.69, 9.17) is 14.2 Å². The highest BCUT2D eigenvalue weighted by Crippen LogP contribution is 2.35. The fourth-order valence-corrected chi connectivity index (χ4v) is 2.89. The molecule has 26 heavy (non-hydrogen) atoms. The van der Waals surface area contributed by atoms with Crippen LogP contribution in [0.5, 0.6) is 11.5 Å². The molecule has 0 spiro atoms. The number of carbonyl (C=O) groups is 2. The predicted molar refractivity (Wildman–Crippen MR) is 95.9 cm³/mol. The van der Waals surface area contributed by atoms with Gasteiger partial charge in [-0.1, -0.05) is 12.7 Å².